The zero-order valence-electron chi connectivity index (χ0n) is 12.7. The Morgan fingerprint density at radius 1 is 1.30 bits per heavy atom. The van der Waals surface area contributed by atoms with Gasteiger partial charge in [0, 0.05) is 24.6 Å². The lowest BCUT2D eigenvalue weighted by Gasteiger charge is -2.54. The van der Waals surface area contributed by atoms with Gasteiger partial charge in [-0.1, -0.05) is 19.3 Å². The van der Waals surface area contributed by atoms with Crippen LogP contribution in [0, 0.1) is 11.3 Å². The van der Waals surface area contributed by atoms with E-state index in [1.165, 1.54) is 44.9 Å². The normalized spacial score (nSPS) is 33.0. The molecule has 2 atom stereocenters. The molecule has 3 rings (SSSR count). The van der Waals surface area contributed by atoms with E-state index < -0.39 is 0 Å². The third-order valence-corrected chi connectivity index (χ3v) is 5.75. The van der Waals surface area contributed by atoms with Gasteiger partial charge in [0.05, 0.1) is 6.10 Å². The maximum Gasteiger partial charge on any atom is 0.188 e. The van der Waals surface area contributed by atoms with Crippen LogP contribution in [-0.4, -0.2) is 31.3 Å². The molecule has 3 saturated carbocycles. The van der Waals surface area contributed by atoms with Crippen molar-refractivity contribution < 1.29 is 4.74 Å². The Labute approximate surface area is 122 Å². The first-order valence-corrected chi connectivity index (χ1v) is 8.42. The maximum atomic E-state index is 6.08. The molecule has 2 unspecified atom stereocenters. The fourth-order valence-electron chi connectivity index (χ4n) is 4.22. The number of rotatable bonds is 5. The average molecular weight is 279 g/mol. The molecule has 114 valence electrons. The smallest absolute Gasteiger partial charge is 0.188 e. The van der Waals surface area contributed by atoms with Crippen molar-refractivity contribution in [1.82, 2.24) is 5.32 Å². The van der Waals surface area contributed by atoms with E-state index in [0.29, 0.717) is 23.5 Å². The highest BCUT2D eigenvalue weighted by molar-refractivity contribution is 5.78. The minimum absolute atomic E-state index is 0.340. The van der Waals surface area contributed by atoms with Crippen molar-refractivity contribution in [1.29, 1.82) is 0 Å². The van der Waals surface area contributed by atoms with Crippen molar-refractivity contribution in [2.45, 2.75) is 70.4 Å². The number of guanidine groups is 1. The van der Waals surface area contributed by atoms with Gasteiger partial charge >= 0.3 is 0 Å². The van der Waals surface area contributed by atoms with Gasteiger partial charge in [0.25, 0.3) is 0 Å². The summed E-state index contributed by atoms with van der Waals surface area (Å²) in [5.41, 5.74) is 6.42. The standard InChI is InChI=1S/C16H29N3O/c1-2-20-14-10-13(16(14)8-3-4-9-16)19-15(17)18-11-12-6-5-7-12/h12-14H,2-11H2,1H3,(H3,17,18,19). The molecule has 0 radical (unpaired) electrons. The van der Waals surface area contributed by atoms with Crippen LogP contribution in [0.3, 0.4) is 0 Å². The van der Waals surface area contributed by atoms with E-state index in [1.54, 1.807) is 0 Å². The first kappa shape index (κ1) is 14.2. The maximum absolute atomic E-state index is 6.08. The Balaban J connectivity index is 1.54. The van der Waals surface area contributed by atoms with Gasteiger partial charge in [-0.3, -0.25) is 4.99 Å². The Morgan fingerprint density at radius 3 is 2.65 bits per heavy atom. The summed E-state index contributed by atoms with van der Waals surface area (Å²) in [5, 5.41) is 3.49. The monoisotopic (exact) mass is 279 g/mol. The molecule has 0 aromatic heterocycles. The lowest BCUT2D eigenvalue weighted by molar-refractivity contribution is -0.125. The summed E-state index contributed by atoms with van der Waals surface area (Å²) in [4.78, 5) is 4.54. The summed E-state index contributed by atoms with van der Waals surface area (Å²) in [5.74, 6) is 1.44. The van der Waals surface area contributed by atoms with Gasteiger partial charge in [0.15, 0.2) is 5.96 Å². The number of nitrogens with two attached hydrogens (primary N) is 1. The molecule has 3 aliphatic carbocycles. The molecular formula is C16H29N3O. The number of aliphatic imine (C=N–C) groups is 1. The molecule has 0 aromatic rings. The minimum Gasteiger partial charge on any atom is -0.378 e. The molecule has 4 nitrogen and oxygen atoms in total. The Bertz CT molecular complexity index is 359. The summed E-state index contributed by atoms with van der Waals surface area (Å²) >= 11 is 0. The summed E-state index contributed by atoms with van der Waals surface area (Å²) in [6.45, 7) is 3.83. The zero-order chi connectivity index (χ0) is 14.0. The molecular weight excluding hydrogens is 250 g/mol. The quantitative estimate of drug-likeness (QED) is 0.600. The molecule has 20 heavy (non-hydrogen) atoms. The SMILES string of the molecule is CCOC1CC(NC(N)=NCC2CCC2)C12CCCC2. The molecule has 3 N–H and O–H groups in total. The minimum atomic E-state index is 0.340. The highest BCUT2D eigenvalue weighted by atomic mass is 16.5. The fraction of sp³-hybridized carbons (Fsp3) is 0.938. The topological polar surface area (TPSA) is 59.6 Å². The highest BCUT2D eigenvalue weighted by Crippen LogP contribution is 2.54. The van der Waals surface area contributed by atoms with Crippen LogP contribution < -0.4 is 11.1 Å². The van der Waals surface area contributed by atoms with Crippen molar-refractivity contribution in [2.75, 3.05) is 13.2 Å². The van der Waals surface area contributed by atoms with Crippen LogP contribution in [0.2, 0.25) is 0 Å². The molecule has 0 aromatic carbocycles. The van der Waals surface area contributed by atoms with E-state index in [2.05, 4.69) is 17.2 Å². The van der Waals surface area contributed by atoms with Gasteiger partial charge in [-0.25, -0.2) is 0 Å². The third-order valence-electron chi connectivity index (χ3n) is 5.75. The highest BCUT2D eigenvalue weighted by Gasteiger charge is 2.56. The molecule has 1 spiro atoms. The summed E-state index contributed by atoms with van der Waals surface area (Å²) in [6.07, 6.45) is 10.8. The molecule has 0 bridgehead atoms. The van der Waals surface area contributed by atoms with Gasteiger partial charge in [-0.2, -0.15) is 0 Å². The van der Waals surface area contributed by atoms with Crippen molar-refractivity contribution in [3.05, 3.63) is 0 Å². The largest absolute Gasteiger partial charge is 0.378 e. The van der Waals surface area contributed by atoms with Gasteiger partial charge in [-0.15, -0.1) is 0 Å². The second-order valence-corrected chi connectivity index (χ2v) is 6.84. The van der Waals surface area contributed by atoms with E-state index >= 15 is 0 Å². The molecule has 0 saturated heterocycles. The lowest BCUT2D eigenvalue weighted by atomic mass is 9.60. The number of hydrogen-bond donors (Lipinski definition) is 2. The summed E-state index contributed by atoms with van der Waals surface area (Å²) in [7, 11) is 0. The summed E-state index contributed by atoms with van der Waals surface area (Å²) < 4.78 is 5.93. The zero-order valence-corrected chi connectivity index (χ0v) is 12.7. The number of ether oxygens (including phenoxy) is 1. The van der Waals surface area contributed by atoms with Crippen LogP contribution >= 0.6 is 0 Å². The number of hydrogen-bond acceptors (Lipinski definition) is 2. The second kappa shape index (κ2) is 5.92. The predicted octanol–water partition coefficient (Wildman–Crippen LogP) is 2.43. The van der Waals surface area contributed by atoms with E-state index in [9.17, 15) is 0 Å². The Kier molecular flexibility index (Phi) is 4.20. The van der Waals surface area contributed by atoms with E-state index in [4.69, 9.17) is 10.5 Å². The molecule has 0 heterocycles. The van der Waals surface area contributed by atoms with E-state index in [-0.39, 0.29) is 0 Å². The Morgan fingerprint density at radius 2 is 2.05 bits per heavy atom. The number of nitrogens with one attached hydrogen (secondary N) is 1. The second-order valence-electron chi connectivity index (χ2n) is 6.84. The van der Waals surface area contributed by atoms with Crippen LogP contribution in [0.15, 0.2) is 4.99 Å². The van der Waals surface area contributed by atoms with Crippen LogP contribution in [0.25, 0.3) is 0 Å². The van der Waals surface area contributed by atoms with Gasteiger partial charge in [0.2, 0.25) is 0 Å². The van der Waals surface area contributed by atoms with E-state index in [1.807, 2.05) is 0 Å². The first-order valence-electron chi connectivity index (χ1n) is 8.42. The Hall–Kier alpha value is -0.770. The van der Waals surface area contributed by atoms with Gasteiger partial charge in [0.1, 0.15) is 0 Å². The molecule has 3 aliphatic rings. The summed E-state index contributed by atoms with van der Waals surface area (Å²) in [6, 6.07) is 0.478. The van der Waals surface area contributed by atoms with Crippen LogP contribution in [-0.2, 0) is 4.74 Å². The van der Waals surface area contributed by atoms with E-state index in [0.717, 1.165) is 25.5 Å². The van der Waals surface area contributed by atoms with Crippen molar-refractivity contribution in [3.8, 4) is 0 Å². The third kappa shape index (κ3) is 2.54. The predicted molar refractivity (Wildman–Crippen MR) is 81.7 cm³/mol. The molecule has 4 heteroatoms. The molecule has 3 fully saturated rings. The van der Waals surface area contributed by atoms with Crippen LogP contribution in [0.5, 0.6) is 0 Å². The van der Waals surface area contributed by atoms with Gasteiger partial charge < -0.3 is 15.8 Å². The van der Waals surface area contributed by atoms with Crippen molar-refractivity contribution in [2.24, 2.45) is 22.1 Å². The number of nitrogens with zero attached hydrogens (tertiary/aromatic N) is 1. The first-order chi connectivity index (χ1) is 9.74. The van der Waals surface area contributed by atoms with Crippen LogP contribution in [0.1, 0.15) is 58.3 Å². The van der Waals surface area contributed by atoms with Crippen molar-refractivity contribution >= 4 is 5.96 Å². The van der Waals surface area contributed by atoms with Crippen molar-refractivity contribution in [3.63, 3.8) is 0 Å². The average Bonchev–Trinajstić information content (AvgIpc) is 2.88. The van der Waals surface area contributed by atoms with Crippen LogP contribution in [0.4, 0.5) is 0 Å². The fourth-order valence-corrected chi connectivity index (χ4v) is 4.22. The lowest BCUT2D eigenvalue weighted by Crippen LogP contribution is -2.64. The van der Waals surface area contributed by atoms with Gasteiger partial charge in [-0.05, 0) is 44.9 Å². The molecule has 0 aliphatic heterocycles. The molecule has 0 amide bonds.